The number of halogens is 1. The lowest BCUT2D eigenvalue weighted by Gasteiger charge is -2.10. The van der Waals surface area contributed by atoms with Crippen LogP contribution in [0.4, 0.5) is 5.69 Å². The molecular formula is C14H13ClN2O3S. The van der Waals surface area contributed by atoms with Crippen LogP contribution in [0.2, 0.25) is 5.02 Å². The monoisotopic (exact) mass is 324 g/mol. The third-order valence-corrected chi connectivity index (χ3v) is 5.09. The van der Waals surface area contributed by atoms with E-state index in [0.29, 0.717) is 5.56 Å². The number of carbonyl (C=O) groups excluding carboxylic acids is 1. The summed E-state index contributed by atoms with van der Waals surface area (Å²) in [6, 6.07) is 10.6. The Balaban J connectivity index is 2.43. The zero-order valence-corrected chi connectivity index (χ0v) is 12.5. The number of sulfone groups is 1. The second-order valence-electron chi connectivity index (χ2n) is 4.48. The molecule has 0 heterocycles. The SMILES string of the molecule is NC(=O)c1cccc(CS(=O)(=O)c2c(N)cccc2Cl)c1. The molecule has 2 aromatic carbocycles. The number of carbonyl (C=O) groups is 1. The number of amides is 1. The first kappa shape index (κ1) is 15.3. The molecule has 0 fully saturated rings. The molecule has 0 spiro atoms. The predicted octanol–water partition coefficient (Wildman–Crippen LogP) is 1.99. The Kier molecular flexibility index (Phi) is 4.20. The van der Waals surface area contributed by atoms with Crippen LogP contribution in [0.3, 0.4) is 0 Å². The second kappa shape index (κ2) is 5.75. The van der Waals surface area contributed by atoms with Crippen molar-refractivity contribution >= 4 is 33.0 Å². The van der Waals surface area contributed by atoms with Gasteiger partial charge >= 0.3 is 0 Å². The summed E-state index contributed by atoms with van der Waals surface area (Å²) < 4.78 is 24.9. The van der Waals surface area contributed by atoms with Crippen molar-refractivity contribution in [3.05, 3.63) is 58.6 Å². The van der Waals surface area contributed by atoms with Crippen LogP contribution < -0.4 is 11.5 Å². The number of rotatable bonds is 4. The van der Waals surface area contributed by atoms with Gasteiger partial charge in [0.2, 0.25) is 5.91 Å². The van der Waals surface area contributed by atoms with Gasteiger partial charge in [0.25, 0.3) is 0 Å². The van der Waals surface area contributed by atoms with Crippen LogP contribution in [0.25, 0.3) is 0 Å². The van der Waals surface area contributed by atoms with E-state index >= 15 is 0 Å². The molecule has 0 aliphatic heterocycles. The van der Waals surface area contributed by atoms with Gasteiger partial charge in [-0.15, -0.1) is 0 Å². The van der Waals surface area contributed by atoms with E-state index in [1.807, 2.05) is 0 Å². The van der Waals surface area contributed by atoms with Crippen molar-refractivity contribution in [1.29, 1.82) is 0 Å². The molecule has 0 atom stereocenters. The van der Waals surface area contributed by atoms with E-state index in [2.05, 4.69) is 0 Å². The average Bonchev–Trinajstić information content (AvgIpc) is 2.37. The van der Waals surface area contributed by atoms with Crippen LogP contribution in [0.5, 0.6) is 0 Å². The van der Waals surface area contributed by atoms with Crippen molar-refractivity contribution in [2.45, 2.75) is 10.6 Å². The van der Waals surface area contributed by atoms with Gasteiger partial charge in [0, 0.05) is 5.56 Å². The first-order valence-corrected chi connectivity index (χ1v) is 8.00. The Morgan fingerprint density at radius 3 is 2.43 bits per heavy atom. The van der Waals surface area contributed by atoms with Crippen molar-refractivity contribution in [2.24, 2.45) is 5.73 Å². The molecule has 0 aliphatic rings. The van der Waals surface area contributed by atoms with E-state index in [4.69, 9.17) is 23.1 Å². The van der Waals surface area contributed by atoms with Crippen molar-refractivity contribution in [3.63, 3.8) is 0 Å². The van der Waals surface area contributed by atoms with E-state index in [0.717, 1.165) is 0 Å². The molecule has 2 aromatic rings. The minimum absolute atomic E-state index is 0.0704. The van der Waals surface area contributed by atoms with Crippen molar-refractivity contribution in [2.75, 3.05) is 5.73 Å². The highest BCUT2D eigenvalue weighted by molar-refractivity contribution is 7.91. The summed E-state index contributed by atoms with van der Waals surface area (Å²) in [6.07, 6.45) is 0. The fourth-order valence-electron chi connectivity index (χ4n) is 1.96. The molecule has 0 bridgehead atoms. The summed E-state index contributed by atoms with van der Waals surface area (Å²) >= 11 is 5.93. The minimum atomic E-state index is -3.73. The summed E-state index contributed by atoms with van der Waals surface area (Å²) in [7, 11) is -3.73. The third kappa shape index (κ3) is 3.34. The zero-order valence-electron chi connectivity index (χ0n) is 10.9. The second-order valence-corrected chi connectivity index (χ2v) is 6.82. The summed E-state index contributed by atoms with van der Waals surface area (Å²) in [5, 5.41) is 0.0704. The van der Waals surface area contributed by atoms with Gasteiger partial charge in [-0.3, -0.25) is 4.79 Å². The van der Waals surface area contributed by atoms with Crippen LogP contribution in [0.15, 0.2) is 47.4 Å². The van der Waals surface area contributed by atoms with Crippen LogP contribution in [-0.4, -0.2) is 14.3 Å². The highest BCUT2D eigenvalue weighted by Gasteiger charge is 2.22. The summed E-state index contributed by atoms with van der Waals surface area (Å²) in [5.74, 6) is -0.936. The van der Waals surface area contributed by atoms with Gasteiger partial charge in [-0.2, -0.15) is 0 Å². The Hall–Kier alpha value is -2.05. The van der Waals surface area contributed by atoms with Gasteiger partial charge in [0.1, 0.15) is 4.90 Å². The highest BCUT2D eigenvalue weighted by Crippen LogP contribution is 2.29. The number of hydrogen-bond acceptors (Lipinski definition) is 4. The van der Waals surface area contributed by atoms with Gasteiger partial charge in [-0.1, -0.05) is 29.8 Å². The third-order valence-electron chi connectivity index (χ3n) is 2.88. The Labute approximate surface area is 127 Å². The highest BCUT2D eigenvalue weighted by atomic mass is 35.5. The van der Waals surface area contributed by atoms with Gasteiger partial charge in [-0.05, 0) is 29.8 Å². The van der Waals surface area contributed by atoms with Crippen LogP contribution in [-0.2, 0) is 15.6 Å². The number of benzene rings is 2. The standard InChI is InChI=1S/C14H13ClN2O3S/c15-11-5-2-6-12(16)13(11)21(19,20)8-9-3-1-4-10(7-9)14(17)18/h1-7H,8,16H2,(H2,17,18). The normalized spacial score (nSPS) is 11.3. The lowest BCUT2D eigenvalue weighted by Crippen LogP contribution is -2.12. The molecule has 5 nitrogen and oxygen atoms in total. The predicted molar refractivity (Wildman–Crippen MR) is 81.7 cm³/mol. The fraction of sp³-hybridized carbons (Fsp3) is 0.0714. The number of anilines is 1. The van der Waals surface area contributed by atoms with Crippen molar-refractivity contribution in [3.8, 4) is 0 Å². The van der Waals surface area contributed by atoms with Crippen molar-refractivity contribution in [1.82, 2.24) is 0 Å². The Bertz CT molecular complexity index is 783. The molecule has 21 heavy (non-hydrogen) atoms. The van der Waals surface area contributed by atoms with Crippen LogP contribution in [0, 0.1) is 0 Å². The summed E-state index contributed by atoms with van der Waals surface area (Å²) in [6.45, 7) is 0. The summed E-state index contributed by atoms with van der Waals surface area (Å²) in [5.41, 5.74) is 11.7. The summed E-state index contributed by atoms with van der Waals surface area (Å²) in [4.78, 5) is 11.0. The Morgan fingerprint density at radius 2 is 1.81 bits per heavy atom. The first-order chi connectivity index (χ1) is 9.81. The van der Waals surface area contributed by atoms with Crippen LogP contribution >= 0.6 is 11.6 Å². The van der Waals surface area contributed by atoms with E-state index < -0.39 is 15.7 Å². The molecule has 7 heteroatoms. The zero-order chi connectivity index (χ0) is 15.6. The Morgan fingerprint density at radius 1 is 1.14 bits per heavy atom. The average molecular weight is 325 g/mol. The molecule has 0 unspecified atom stereocenters. The van der Waals surface area contributed by atoms with Crippen LogP contribution in [0.1, 0.15) is 15.9 Å². The molecule has 1 amide bonds. The van der Waals surface area contributed by atoms with Gasteiger partial charge < -0.3 is 11.5 Å². The number of hydrogen-bond donors (Lipinski definition) is 2. The van der Waals surface area contributed by atoms with Crippen molar-refractivity contribution < 1.29 is 13.2 Å². The number of nitrogens with two attached hydrogens (primary N) is 2. The first-order valence-electron chi connectivity index (χ1n) is 5.97. The molecule has 0 aliphatic carbocycles. The molecule has 0 radical (unpaired) electrons. The van der Waals surface area contributed by atoms with Gasteiger partial charge in [0.05, 0.1) is 16.5 Å². The topological polar surface area (TPSA) is 103 Å². The fourth-order valence-corrected chi connectivity index (χ4v) is 4.05. The molecule has 2 rings (SSSR count). The maximum Gasteiger partial charge on any atom is 0.248 e. The maximum atomic E-state index is 12.4. The number of nitrogen functional groups attached to an aromatic ring is 1. The number of primary amides is 1. The van der Waals surface area contributed by atoms with E-state index in [9.17, 15) is 13.2 Å². The quantitative estimate of drug-likeness (QED) is 0.839. The lowest BCUT2D eigenvalue weighted by atomic mass is 10.1. The largest absolute Gasteiger partial charge is 0.398 e. The minimum Gasteiger partial charge on any atom is -0.398 e. The van der Waals surface area contributed by atoms with E-state index in [1.54, 1.807) is 18.2 Å². The van der Waals surface area contributed by atoms with E-state index in [-0.39, 0.29) is 26.9 Å². The van der Waals surface area contributed by atoms with Gasteiger partial charge in [0.15, 0.2) is 9.84 Å². The molecule has 0 aromatic heterocycles. The molecule has 0 saturated carbocycles. The van der Waals surface area contributed by atoms with E-state index in [1.165, 1.54) is 24.3 Å². The molecular weight excluding hydrogens is 312 g/mol. The molecule has 0 saturated heterocycles. The van der Waals surface area contributed by atoms with Gasteiger partial charge in [-0.25, -0.2) is 8.42 Å². The maximum absolute atomic E-state index is 12.4. The molecule has 4 N–H and O–H groups in total. The molecule has 110 valence electrons. The smallest absolute Gasteiger partial charge is 0.248 e. The lowest BCUT2D eigenvalue weighted by molar-refractivity contribution is 0.1000.